The van der Waals surface area contributed by atoms with E-state index in [0.717, 1.165) is 19.6 Å². The van der Waals surface area contributed by atoms with Crippen molar-refractivity contribution in [3.05, 3.63) is 60.2 Å². The van der Waals surface area contributed by atoms with Crippen molar-refractivity contribution in [3.8, 4) is 5.75 Å². The summed E-state index contributed by atoms with van der Waals surface area (Å²) in [5, 5.41) is 0. The Kier molecular flexibility index (Phi) is 7.86. The molecule has 6 nitrogen and oxygen atoms in total. The number of halogens is 1. The van der Waals surface area contributed by atoms with Crippen molar-refractivity contribution in [2.75, 3.05) is 40.3 Å². The van der Waals surface area contributed by atoms with Gasteiger partial charge in [0.25, 0.3) is 0 Å². The number of rotatable bonds is 7. The van der Waals surface area contributed by atoms with Crippen LogP contribution in [0.25, 0.3) is 0 Å². The lowest BCUT2D eigenvalue weighted by Gasteiger charge is -2.17. The van der Waals surface area contributed by atoms with E-state index >= 15 is 0 Å². The fourth-order valence-corrected chi connectivity index (χ4v) is 4.26. The van der Waals surface area contributed by atoms with E-state index in [-0.39, 0.29) is 23.3 Å². The summed E-state index contributed by atoms with van der Waals surface area (Å²) >= 11 is 0. The monoisotopic (exact) mass is 425 g/mol. The Bertz CT molecular complexity index is 845. The molecule has 0 aliphatic carbocycles. The Morgan fingerprint density at radius 3 is 2.32 bits per heavy atom. The largest absolute Gasteiger partial charge is 0.492 e. The van der Waals surface area contributed by atoms with Gasteiger partial charge in [-0.25, -0.2) is 12.7 Å². The fraction of sp³-hybridized carbons (Fsp3) is 0.400. The first-order valence-corrected chi connectivity index (χ1v) is 10.5. The predicted molar refractivity (Wildman–Crippen MR) is 114 cm³/mol. The molecule has 2 N–H and O–H groups in total. The van der Waals surface area contributed by atoms with Gasteiger partial charge >= 0.3 is 0 Å². The van der Waals surface area contributed by atoms with Gasteiger partial charge in [0.1, 0.15) is 12.4 Å². The zero-order valence-corrected chi connectivity index (χ0v) is 17.8. The Hall–Kier alpha value is -1.64. The third kappa shape index (κ3) is 5.24. The van der Waals surface area contributed by atoms with Crippen LogP contribution in [0.2, 0.25) is 0 Å². The predicted octanol–water partition coefficient (Wildman–Crippen LogP) is 2.16. The molecule has 0 saturated carbocycles. The Morgan fingerprint density at radius 1 is 1.07 bits per heavy atom. The number of nitrogens with zero attached hydrogens (tertiary/aromatic N) is 2. The number of hydrogen-bond donors (Lipinski definition) is 1. The summed E-state index contributed by atoms with van der Waals surface area (Å²) in [6.45, 7) is 3.10. The van der Waals surface area contributed by atoms with Gasteiger partial charge < -0.3 is 10.5 Å². The number of hydrogen-bond acceptors (Lipinski definition) is 5. The van der Waals surface area contributed by atoms with Crippen LogP contribution in [0.1, 0.15) is 11.5 Å². The molecule has 0 radical (unpaired) electrons. The van der Waals surface area contributed by atoms with Crippen LogP contribution in [-0.2, 0) is 10.0 Å². The molecule has 1 aliphatic rings. The van der Waals surface area contributed by atoms with Crippen molar-refractivity contribution < 1.29 is 13.2 Å². The molecule has 1 saturated heterocycles. The first kappa shape index (κ1) is 22.6. The van der Waals surface area contributed by atoms with Crippen LogP contribution >= 0.6 is 12.4 Å². The maximum atomic E-state index is 12.1. The highest BCUT2D eigenvalue weighted by Gasteiger charge is 2.30. The summed E-state index contributed by atoms with van der Waals surface area (Å²) in [6.07, 6.45) is 0. The molecule has 0 unspecified atom stereocenters. The summed E-state index contributed by atoms with van der Waals surface area (Å²) in [7, 11) is -0.376. The van der Waals surface area contributed by atoms with Gasteiger partial charge in [-0.1, -0.05) is 30.3 Å². The van der Waals surface area contributed by atoms with Gasteiger partial charge in [-0.15, -0.1) is 12.4 Å². The van der Waals surface area contributed by atoms with Crippen LogP contribution in [0, 0.1) is 0 Å². The molecule has 0 aromatic heterocycles. The molecule has 1 aliphatic heterocycles. The molecule has 3 rings (SSSR count). The van der Waals surface area contributed by atoms with E-state index in [2.05, 4.69) is 17.0 Å². The van der Waals surface area contributed by atoms with E-state index in [4.69, 9.17) is 10.5 Å². The van der Waals surface area contributed by atoms with Gasteiger partial charge in [-0.3, -0.25) is 4.90 Å². The molecular formula is C20H28ClN3O3S. The lowest BCUT2D eigenvalue weighted by Crippen LogP contribution is -2.30. The first-order chi connectivity index (χ1) is 12.9. The second-order valence-corrected chi connectivity index (χ2v) is 9.20. The average molecular weight is 426 g/mol. The summed E-state index contributed by atoms with van der Waals surface area (Å²) < 4.78 is 31.1. The van der Waals surface area contributed by atoms with Crippen LogP contribution in [0.15, 0.2) is 59.5 Å². The van der Waals surface area contributed by atoms with E-state index in [1.54, 1.807) is 24.3 Å². The first-order valence-electron chi connectivity index (χ1n) is 9.06. The van der Waals surface area contributed by atoms with Crippen molar-refractivity contribution in [2.45, 2.75) is 16.9 Å². The molecular weight excluding hydrogens is 398 g/mol. The zero-order chi connectivity index (χ0) is 19.4. The Balaban J connectivity index is 0.00000280. The lowest BCUT2D eigenvalue weighted by molar-refractivity contribution is 0.235. The molecule has 1 fully saturated rings. The molecule has 154 valence electrons. The number of likely N-dealkylation sites (tertiary alicyclic amines) is 1. The molecule has 0 spiro atoms. The van der Waals surface area contributed by atoms with Gasteiger partial charge in [0.15, 0.2) is 0 Å². The van der Waals surface area contributed by atoms with E-state index in [1.165, 1.54) is 24.0 Å². The van der Waals surface area contributed by atoms with Crippen molar-refractivity contribution in [3.63, 3.8) is 0 Å². The highest BCUT2D eigenvalue weighted by molar-refractivity contribution is 7.89. The molecule has 0 bridgehead atoms. The number of sulfonamides is 1. The van der Waals surface area contributed by atoms with E-state index in [9.17, 15) is 8.42 Å². The number of nitrogens with two attached hydrogens (primary N) is 1. The third-order valence-electron chi connectivity index (χ3n) is 4.95. The van der Waals surface area contributed by atoms with E-state index < -0.39 is 10.0 Å². The molecule has 2 aromatic rings. The maximum absolute atomic E-state index is 12.1. The number of ether oxygens (including phenoxy) is 1. The number of benzene rings is 2. The van der Waals surface area contributed by atoms with Crippen molar-refractivity contribution in [1.82, 2.24) is 9.21 Å². The van der Waals surface area contributed by atoms with Crippen molar-refractivity contribution in [1.29, 1.82) is 0 Å². The average Bonchev–Trinajstić information content (AvgIpc) is 3.03. The summed E-state index contributed by atoms with van der Waals surface area (Å²) in [5.41, 5.74) is 7.61. The highest BCUT2D eigenvalue weighted by atomic mass is 35.5. The third-order valence-corrected chi connectivity index (χ3v) is 6.78. The van der Waals surface area contributed by atoms with Crippen LogP contribution in [0.5, 0.6) is 5.75 Å². The van der Waals surface area contributed by atoms with Gasteiger partial charge in [0, 0.05) is 45.7 Å². The summed E-state index contributed by atoms with van der Waals surface area (Å²) in [5.74, 6) is 1.01. The smallest absolute Gasteiger partial charge is 0.242 e. The minimum atomic E-state index is -3.41. The van der Waals surface area contributed by atoms with Crippen LogP contribution in [-0.4, -0.2) is 64.0 Å². The maximum Gasteiger partial charge on any atom is 0.242 e. The summed E-state index contributed by atoms with van der Waals surface area (Å²) in [4.78, 5) is 2.57. The lowest BCUT2D eigenvalue weighted by atomic mass is 9.95. The minimum Gasteiger partial charge on any atom is -0.492 e. The van der Waals surface area contributed by atoms with Crippen LogP contribution in [0.3, 0.4) is 0 Å². The SMILES string of the molecule is CN(C)S(=O)(=O)c1ccc(OCCN2C[C@@H](N)[C@H](c3ccccc3)C2)cc1.Cl. The molecule has 8 heteroatoms. The molecule has 0 amide bonds. The molecule has 2 aromatic carbocycles. The second kappa shape index (κ2) is 9.71. The standard InChI is InChI=1S/C20H27N3O3S.ClH/c1-22(2)27(24,25)18-10-8-17(9-11-18)26-13-12-23-14-19(20(21)15-23)16-6-4-3-5-7-16;/h3-11,19-20H,12-15,21H2,1-2H3;1H/t19-,20+;/m0./s1. The van der Waals surface area contributed by atoms with Gasteiger partial charge in [-0.2, -0.15) is 0 Å². The van der Waals surface area contributed by atoms with Gasteiger partial charge in [0.2, 0.25) is 10.0 Å². The highest BCUT2D eigenvalue weighted by Crippen LogP contribution is 2.26. The molecule has 1 heterocycles. The van der Waals surface area contributed by atoms with Gasteiger partial charge in [-0.05, 0) is 29.8 Å². The quantitative estimate of drug-likeness (QED) is 0.735. The zero-order valence-electron chi connectivity index (χ0n) is 16.2. The van der Waals surface area contributed by atoms with Crippen LogP contribution < -0.4 is 10.5 Å². The Morgan fingerprint density at radius 2 is 1.71 bits per heavy atom. The second-order valence-electron chi connectivity index (χ2n) is 7.05. The van der Waals surface area contributed by atoms with Crippen molar-refractivity contribution >= 4 is 22.4 Å². The summed E-state index contributed by atoms with van der Waals surface area (Å²) in [6, 6.07) is 17.0. The fourth-order valence-electron chi connectivity index (χ4n) is 3.36. The normalized spacial score (nSPS) is 20.1. The van der Waals surface area contributed by atoms with E-state index in [0.29, 0.717) is 18.3 Å². The van der Waals surface area contributed by atoms with Crippen LogP contribution in [0.4, 0.5) is 0 Å². The van der Waals surface area contributed by atoms with E-state index in [1.807, 2.05) is 18.2 Å². The van der Waals surface area contributed by atoms with Crippen molar-refractivity contribution in [2.24, 2.45) is 5.73 Å². The topological polar surface area (TPSA) is 75.9 Å². The van der Waals surface area contributed by atoms with Gasteiger partial charge in [0.05, 0.1) is 4.90 Å². The molecule has 2 atom stereocenters. The minimum absolute atomic E-state index is 0. The Labute approximate surface area is 173 Å². The molecule has 28 heavy (non-hydrogen) atoms.